The van der Waals surface area contributed by atoms with E-state index in [2.05, 4.69) is 109 Å². The van der Waals surface area contributed by atoms with E-state index >= 15 is 0 Å². The molecule has 46 heavy (non-hydrogen) atoms. The van der Waals surface area contributed by atoms with Gasteiger partial charge in [-0.1, -0.05) is 113 Å². The molecule has 246 valence electrons. The van der Waals surface area contributed by atoms with Gasteiger partial charge < -0.3 is 31.2 Å². The number of aromatic amines is 2. The van der Waals surface area contributed by atoms with Crippen LogP contribution in [0.3, 0.4) is 0 Å². The van der Waals surface area contributed by atoms with Gasteiger partial charge in [0.25, 0.3) is 0 Å². The zero-order chi connectivity index (χ0) is 32.1. The van der Waals surface area contributed by atoms with Crippen molar-refractivity contribution in [1.29, 1.82) is 0 Å². The predicted molar refractivity (Wildman–Crippen MR) is 205 cm³/mol. The third kappa shape index (κ3) is 10.5. The van der Waals surface area contributed by atoms with Gasteiger partial charge in [-0.25, -0.2) is 4.98 Å². The standard InChI is InChI=1S/C31H29N4.4C2H6.2CH3.Y/c1-5-30-32-26-12-10-24(16-28(26)33-30)22-8-6-21-15-23(9-7-20(21)14-22)25-11-13-27-29(17-25)35-31(34-27)19(4)18(2)3;4*1-2;;;/h5-19H,1-4H3,(H,32,33)(H,34,35);4*1-2H3;2*1H3;/q-1;;;;;2*-1;+3. The third-order valence-electron chi connectivity index (χ3n) is 7.21. The zero-order valence-electron chi connectivity index (χ0n) is 31.1. The summed E-state index contributed by atoms with van der Waals surface area (Å²) in [6.07, 6.45) is 1.99. The number of fused-ring (bicyclic) bond motifs is 3. The van der Waals surface area contributed by atoms with Gasteiger partial charge in [-0.15, -0.1) is 0 Å². The molecule has 4 nitrogen and oxygen atoms in total. The van der Waals surface area contributed by atoms with E-state index < -0.39 is 0 Å². The van der Waals surface area contributed by atoms with E-state index in [1.165, 1.54) is 33.0 Å². The van der Waals surface area contributed by atoms with Crippen molar-refractivity contribution >= 4 is 32.8 Å². The van der Waals surface area contributed by atoms with Crippen molar-refractivity contribution in [2.75, 3.05) is 0 Å². The van der Waals surface area contributed by atoms with Crippen LogP contribution in [0.1, 0.15) is 101 Å². The molecule has 0 aliphatic rings. The van der Waals surface area contributed by atoms with Gasteiger partial charge in [0.05, 0.1) is 22.1 Å². The molecule has 0 fully saturated rings. The second-order valence-corrected chi connectivity index (χ2v) is 9.81. The van der Waals surface area contributed by atoms with Gasteiger partial charge in [-0.2, -0.15) is 6.92 Å². The van der Waals surface area contributed by atoms with Gasteiger partial charge in [0.15, 0.2) is 0 Å². The first-order valence-corrected chi connectivity index (χ1v) is 16.3. The molecule has 0 spiro atoms. The summed E-state index contributed by atoms with van der Waals surface area (Å²) in [5.41, 5.74) is 8.98. The van der Waals surface area contributed by atoms with Crippen molar-refractivity contribution in [2.45, 2.75) is 89.0 Å². The van der Waals surface area contributed by atoms with Crippen LogP contribution in [0.15, 0.2) is 72.8 Å². The van der Waals surface area contributed by atoms with E-state index in [4.69, 9.17) is 4.98 Å². The van der Waals surface area contributed by atoms with Crippen LogP contribution in [0.2, 0.25) is 0 Å². The Kier molecular flexibility index (Phi) is 22.2. The average molecular weight is 697 g/mol. The maximum Gasteiger partial charge on any atom is 3.00 e. The fraction of sp³-hybridized carbons (Fsp3) is 0.341. The second-order valence-electron chi connectivity index (χ2n) is 9.81. The smallest absolute Gasteiger partial charge is 0.368 e. The van der Waals surface area contributed by atoms with Gasteiger partial charge in [0.1, 0.15) is 5.82 Å². The maximum absolute atomic E-state index is 4.82. The molecule has 0 aliphatic carbocycles. The second kappa shape index (κ2) is 22.6. The van der Waals surface area contributed by atoms with Crippen LogP contribution in [0.4, 0.5) is 0 Å². The van der Waals surface area contributed by atoms with Crippen LogP contribution >= 0.6 is 0 Å². The largest absolute Gasteiger partial charge is 3.00 e. The number of imidazole rings is 2. The summed E-state index contributed by atoms with van der Waals surface area (Å²) in [7, 11) is 0. The minimum absolute atomic E-state index is 0. The van der Waals surface area contributed by atoms with Crippen molar-refractivity contribution in [2.24, 2.45) is 5.92 Å². The minimum Gasteiger partial charge on any atom is -0.368 e. The van der Waals surface area contributed by atoms with Crippen LogP contribution in [-0.4, -0.2) is 19.9 Å². The van der Waals surface area contributed by atoms with Crippen molar-refractivity contribution in [3.05, 3.63) is 106 Å². The molecular weight excluding hydrogens is 637 g/mol. The molecule has 2 N–H and O–H groups in total. The molecule has 4 aromatic carbocycles. The Hall–Kier alpha value is -2.95. The number of nitrogens with zero attached hydrogens (tertiary/aromatic N) is 2. The van der Waals surface area contributed by atoms with Gasteiger partial charge >= 0.3 is 32.7 Å². The summed E-state index contributed by atoms with van der Waals surface area (Å²) in [6.45, 7) is 24.7. The number of H-pyrrole nitrogens is 2. The number of hydrogen-bond donors (Lipinski definition) is 2. The summed E-state index contributed by atoms with van der Waals surface area (Å²) < 4.78 is 0. The Labute approximate surface area is 306 Å². The number of aromatic nitrogens is 4. The van der Waals surface area contributed by atoms with Gasteiger partial charge in [0, 0.05) is 5.92 Å². The number of nitrogens with one attached hydrogen (secondary N) is 2. The van der Waals surface area contributed by atoms with E-state index in [0.717, 1.165) is 33.7 Å². The molecule has 1 atom stereocenters. The Morgan fingerprint density at radius 3 is 1.37 bits per heavy atom. The summed E-state index contributed by atoms with van der Waals surface area (Å²) in [4.78, 5) is 16.3. The Bertz CT molecular complexity index is 1690. The predicted octanol–water partition coefficient (Wildman–Crippen LogP) is 13.3. The molecule has 0 saturated heterocycles. The molecule has 2 aromatic heterocycles. The molecule has 1 unspecified atom stereocenters. The normalized spacial score (nSPS) is 10.2. The minimum atomic E-state index is 0. The van der Waals surface area contributed by atoms with Crippen LogP contribution in [0.25, 0.3) is 55.1 Å². The first-order valence-electron chi connectivity index (χ1n) is 16.3. The Morgan fingerprint density at radius 2 is 0.935 bits per heavy atom. The zero-order valence-corrected chi connectivity index (χ0v) is 34.0. The van der Waals surface area contributed by atoms with Gasteiger partial charge in [0.2, 0.25) is 0 Å². The van der Waals surface area contributed by atoms with Crippen molar-refractivity contribution in [3.63, 3.8) is 0 Å². The van der Waals surface area contributed by atoms with Crippen LogP contribution in [-0.2, 0) is 32.7 Å². The molecule has 0 radical (unpaired) electrons. The van der Waals surface area contributed by atoms with Gasteiger partial charge in [-0.05, 0) is 81.2 Å². The Morgan fingerprint density at radius 1 is 0.543 bits per heavy atom. The number of hydrogen-bond acceptors (Lipinski definition) is 2. The number of benzene rings is 4. The molecular formula is C41H59N4Y. The average Bonchev–Trinajstić information content (AvgIpc) is 3.71. The summed E-state index contributed by atoms with van der Waals surface area (Å²) in [5.74, 6) is 2.92. The van der Waals surface area contributed by atoms with Gasteiger partial charge in [-0.3, -0.25) is 4.98 Å². The SMILES string of the molecule is CC.CC.CC.CC.C[CH-]c1nc2ccc(-c3ccc4cc(-c5ccc6nc(C(C)C(C)C)[nH]c6c5)ccc4c3)cc2[nH]1.[CH3-].[CH3-].[Y+3]. The molecule has 0 aliphatic heterocycles. The van der Waals surface area contributed by atoms with Crippen molar-refractivity contribution in [1.82, 2.24) is 19.9 Å². The molecule has 6 rings (SSSR count). The Balaban J connectivity index is 0. The molecule has 0 bridgehead atoms. The van der Waals surface area contributed by atoms with E-state index in [1.54, 1.807) is 0 Å². The van der Waals surface area contributed by atoms with Crippen LogP contribution < -0.4 is 0 Å². The van der Waals surface area contributed by atoms with E-state index in [0.29, 0.717) is 11.8 Å². The topological polar surface area (TPSA) is 57.4 Å². The number of rotatable bonds is 5. The van der Waals surface area contributed by atoms with E-state index in [-0.39, 0.29) is 47.6 Å². The molecule has 5 heteroatoms. The fourth-order valence-electron chi connectivity index (χ4n) is 4.69. The van der Waals surface area contributed by atoms with Crippen molar-refractivity contribution in [3.8, 4) is 22.3 Å². The van der Waals surface area contributed by atoms with Crippen LogP contribution in [0, 0.1) is 27.2 Å². The fourth-order valence-corrected chi connectivity index (χ4v) is 4.69. The molecule has 2 heterocycles. The first kappa shape index (κ1) is 45.2. The van der Waals surface area contributed by atoms with Crippen LogP contribution in [0.5, 0.6) is 0 Å². The molecule has 6 aromatic rings. The third-order valence-corrected chi connectivity index (χ3v) is 7.21. The molecule has 0 amide bonds. The quantitative estimate of drug-likeness (QED) is 0.176. The maximum atomic E-state index is 4.82. The van der Waals surface area contributed by atoms with Crippen molar-refractivity contribution < 1.29 is 32.7 Å². The monoisotopic (exact) mass is 696 g/mol. The van der Waals surface area contributed by atoms with E-state index in [1.807, 2.05) is 68.7 Å². The summed E-state index contributed by atoms with van der Waals surface area (Å²) in [5, 5.41) is 2.46. The summed E-state index contributed by atoms with van der Waals surface area (Å²) in [6, 6.07) is 26.3. The van der Waals surface area contributed by atoms with E-state index in [9.17, 15) is 0 Å². The molecule has 0 saturated carbocycles. The summed E-state index contributed by atoms with van der Waals surface area (Å²) >= 11 is 0. The first-order chi connectivity index (χ1) is 21.0.